The summed E-state index contributed by atoms with van der Waals surface area (Å²) in [6.07, 6.45) is 4.40. The highest BCUT2D eigenvalue weighted by Gasteiger charge is 2.53. The van der Waals surface area contributed by atoms with Crippen LogP contribution in [-0.4, -0.2) is 41.9 Å². The minimum atomic E-state index is -0.625. The van der Waals surface area contributed by atoms with Gasteiger partial charge < -0.3 is 10.2 Å². The van der Waals surface area contributed by atoms with Gasteiger partial charge in [-0.2, -0.15) is 0 Å². The number of hydrogen-bond donors (Lipinski definition) is 2. The maximum atomic E-state index is 11.9. The maximum Gasteiger partial charge on any atom is 0.325 e. The molecule has 18 heavy (non-hydrogen) atoms. The molecule has 1 aliphatic heterocycles. The maximum absolute atomic E-state index is 11.9. The van der Waals surface area contributed by atoms with E-state index in [-0.39, 0.29) is 17.8 Å². The number of amides is 4. The van der Waals surface area contributed by atoms with Crippen LogP contribution in [-0.2, 0) is 9.59 Å². The molecule has 1 aliphatic carbocycles. The third kappa shape index (κ3) is 2.07. The molecule has 1 saturated carbocycles. The summed E-state index contributed by atoms with van der Waals surface area (Å²) in [5, 5.41) is 4.95. The smallest absolute Gasteiger partial charge is 0.325 e. The van der Waals surface area contributed by atoms with Crippen molar-refractivity contribution in [3.8, 4) is 0 Å². The molecule has 6 heteroatoms. The Morgan fingerprint density at radius 2 is 2.06 bits per heavy atom. The highest BCUT2D eigenvalue weighted by atomic mass is 16.2. The molecule has 0 atom stereocenters. The van der Waals surface area contributed by atoms with Gasteiger partial charge in [-0.05, 0) is 19.3 Å². The van der Waals surface area contributed by atoms with Crippen molar-refractivity contribution in [1.82, 2.24) is 15.5 Å². The summed E-state index contributed by atoms with van der Waals surface area (Å²) >= 11 is 0. The van der Waals surface area contributed by atoms with Gasteiger partial charge in [0, 0.05) is 20.0 Å². The summed E-state index contributed by atoms with van der Waals surface area (Å²) < 4.78 is 0. The third-order valence-electron chi connectivity index (χ3n) is 3.90. The highest BCUT2D eigenvalue weighted by molar-refractivity contribution is 6.07. The van der Waals surface area contributed by atoms with Gasteiger partial charge in [0.05, 0.1) is 0 Å². The Hall–Kier alpha value is -1.59. The summed E-state index contributed by atoms with van der Waals surface area (Å²) in [5.41, 5.74) is -0.625. The quantitative estimate of drug-likeness (QED) is 0.711. The predicted octanol–water partition coefficient (Wildman–Crippen LogP) is 0.377. The van der Waals surface area contributed by atoms with E-state index < -0.39 is 5.54 Å². The second-order valence-corrected chi connectivity index (χ2v) is 4.93. The monoisotopic (exact) mass is 253 g/mol. The number of urea groups is 1. The number of imide groups is 1. The van der Waals surface area contributed by atoms with Crippen molar-refractivity contribution >= 4 is 17.8 Å². The molecule has 1 saturated heterocycles. The normalized spacial score (nSPS) is 21.5. The SMILES string of the molecule is CNC(=O)CCCN1C(=O)NC(=O)C12CCCC2. The van der Waals surface area contributed by atoms with Crippen LogP contribution < -0.4 is 10.6 Å². The number of nitrogens with zero attached hydrogens (tertiary/aromatic N) is 1. The zero-order valence-corrected chi connectivity index (χ0v) is 10.6. The second-order valence-electron chi connectivity index (χ2n) is 4.93. The first-order valence-electron chi connectivity index (χ1n) is 6.44. The van der Waals surface area contributed by atoms with Gasteiger partial charge in [0.2, 0.25) is 5.91 Å². The molecule has 1 heterocycles. The van der Waals surface area contributed by atoms with E-state index in [4.69, 9.17) is 0 Å². The van der Waals surface area contributed by atoms with Gasteiger partial charge >= 0.3 is 6.03 Å². The van der Waals surface area contributed by atoms with E-state index in [2.05, 4.69) is 10.6 Å². The molecule has 2 rings (SSSR count). The van der Waals surface area contributed by atoms with Crippen LogP contribution in [0.1, 0.15) is 38.5 Å². The Morgan fingerprint density at radius 1 is 1.39 bits per heavy atom. The number of hydrogen-bond acceptors (Lipinski definition) is 3. The van der Waals surface area contributed by atoms with Crippen LogP contribution in [0.25, 0.3) is 0 Å². The van der Waals surface area contributed by atoms with Crippen molar-refractivity contribution < 1.29 is 14.4 Å². The largest absolute Gasteiger partial charge is 0.359 e. The molecule has 6 nitrogen and oxygen atoms in total. The Kier molecular flexibility index (Phi) is 3.54. The minimum absolute atomic E-state index is 0.0404. The zero-order valence-electron chi connectivity index (χ0n) is 10.6. The van der Waals surface area contributed by atoms with Gasteiger partial charge in [-0.1, -0.05) is 12.8 Å². The molecule has 1 spiro atoms. The van der Waals surface area contributed by atoms with Crippen LogP contribution in [0.4, 0.5) is 4.79 Å². The molecular formula is C12H19N3O3. The molecule has 0 aromatic carbocycles. The van der Waals surface area contributed by atoms with Gasteiger partial charge in [0.25, 0.3) is 5.91 Å². The Morgan fingerprint density at radius 3 is 2.67 bits per heavy atom. The lowest BCUT2D eigenvalue weighted by atomic mass is 9.96. The summed E-state index contributed by atoms with van der Waals surface area (Å²) in [7, 11) is 1.59. The predicted molar refractivity (Wildman–Crippen MR) is 64.7 cm³/mol. The van der Waals surface area contributed by atoms with Crippen LogP contribution in [0.3, 0.4) is 0 Å². The lowest BCUT2D eigenvalue weighted by Gasteiger charge is -2.31. The van der Waals surface area contributed by atoms with E-state index in [0.717, 1.165) is 25.7 Å². The summed E-state index contributed by atoms with van der Waals surface area (Å²) in [6, 6.07) is -0.307. The molecule has 0 aromatic heterocycles. The van der Waals surface area contributed by atoms with E-state index in [0.29, 0.717) is 19.4 Å². The van der Waals surface area contributed by atoms with Crippen LogP contribution >= 0.6 is 0 Å². The molecule has 100 valence electrons. The van der Waals surface area contributed by atoms with E-state index in [1.165, 1.54) is 0 Å². The van der Waals surface area contributed by atoms with Crippen molar-refractivity contribution in [2.75, 3.05) is 13.6 Å². The average molecular weight is 253 g/mol. The molecule has 0 radical (unpaired) electrons. The molecule has 4 amide bonds. The molecule has 0 aromatic rings. The number of nitrogens with one attached hydrogen (secondary N) is 2. The Balaban J connectivity index is 1.99. The molecule has 2 aliphatic rings. The third-order valence-corrected chi connectivity index (χ3v) is 3.90. The van der Waals surface area contributed by atoms with Crippen molar-refractivity contribution in [1.29, 1.82) is 0 Å². The lowest BCUT2D eigenvalue weighted by Crippen LogP contribution is -2.47. The Bertz CT molecular complexity index is 375. The lowest BCUT2D eigenvalue weighted by molar-refractivity contribution is -0.126. The van der Waals surface area contributed by atoms with E-state index >= 15 is 0 Å². The number of rotatable bonds is 4. The van der Waals surface area contributed by atoms with Crippen molar-refractivity contribution in [2.45, 2.75) is 44.1 Å². The number of carbonyl (C=O) groups excluding carboxylic acids is 3. The Labute approximate surface area is 106 Å². The van der Waals surface area contributed by atoms with Gasteiger partial charge in [0.1, 0.15) is 5.54 Å². The van der Waals surface area contributed by atoms with Crippen molar-refractivity contribution in [3.05, 3.63) is 0 Å². The van der Waals surface area contributed by atoms with Gasteiger partial charge in [-0.3, -0.25) is 14.9 Å². The molecule has 0 unspecified atom stereocenters. The fourth-order valence-corrected chi connectivity index (χ4v) is 2.89. The molecular weight excluding hydrogens is 234 g/mol. The molecule has 2 N–H and O–H groups in total. The van der Waals surface area contributed by atoms with Gasteiger partial charge in [0.15, 0.2) is 0 Å². The topological polar surface area (TPSA) is 78.5 Å². The fourth-order valence-electron chi connectivity index (χ4n) is 2.89. The summed E-state index contributed by atoms with van der Waals surface area (Å²) in [5.74, 6) is -0.202. The van der Waals surface area contributed by atoms with Gasteiger partial charge in [-0.15, -0.1) is 0 Å². The first-order valence-corrected chi connectivity index (χ1v) is 6.44. The minimum Gasteiger partial charge on any atom is -0.359 e. The second kappa shape index (κ2) is 4.96. The van der Waals surface area contributed by atoms with E-state index in [9.17, 15) is 14.4 Å². The van der Waals surface area contributed by atoms with Crippen LogP contribution in [0, 0.1) is 0 Å². The molecule has 2 fully saturated rings. The van der Waals surface area contributed by atoms with E-state index in [1.54, 1.807) is 11.9 Å². The van der Waals surface area contributed by atoms with Crippen molar-refractivity contribution in [3.63, 3.8) is 0 Å². The van der Waals surface area contributed by atoms with Crippen LogP contribution in [0.5, 0.6) is 0 Å². The standard InChI is InChI=1S/C12H19N3O3/c1-13-9(16)5-4-8-15-11(18)14-10(17)12(15)6-2-3-7-12/h2-8H2,1H3,(H,13,16)(H,14,17,18). The van der Waals surface area contributed by atoms with Crippen LogP contribution in [0.15, 0.2) is 0 Å². The first-order chi connectivity index (χ1) is 8.60. The zero-order chi connectivity index (χ0) is 13.2. The number of carbonyl (C=O) groups is 3. The highest BCUT2D eigenvalue weighted by Crippen LogP contribution is 2.38. The first kappa shape index (κ1) is 12.9. The van der Waals surface area contributed by atoms with Crippen molar-refractivity contribution in [2.24, 2.45) is 0 Å². The van der Waals surface area contributed by atoms with E-state index in [1.807, 2.05) is 0 Å². The average Bonchev–Trinajstić information content (AvgIpc) is 2.91. The summed E-state index contributed by atoms with van der Waals surface area (Å²) in [4.78, 5) is 36.5. The fraction of sp³-hybridized carbons (Fsp3) is 0.750. The van der Waals surface area contributed by atoms with Gasteiger partial charge in [-0.25, -0.2) is 4.79 Å². The summed E-state index contributed by atoms with van der Waals surface area (Å²) in [6.45, 7) is 0.463. The van der Waals surface area contributed by atoms with Crippen LogP contribution in [0.2, 0.25) is 0 Å². The molecule has 0 bridgehead atoms.